The molecule has 1 radical (unpaired) electrons. The van der Waals surface area contributed by atoms with Crippen LogP contribution >= 0.6 is 0 Å². The molecule has 1 amide bonds. The fourth-order valence-electron chi connectivity index (χ4n) is 2.09. The number of carbonyl (C=O) groups excluding carboxylic acids is 2. The topological polar surface area (TPSA) is 58.2 Å². The summed E-state index contributed by atoms with van der Waals surface area (Å²) in [6, 6.07) is 4.16. The van der Waals surface area contributed by atoms with Crippen molar-refractivity contribution in [3.63, 3.8) is 0 Å². The zero-order valence-electron chi connectivity index (χ0n) is 11.6. The van der Waals surface area contributed by atoms with Crippen molar-refractivity contribution in [2.45, 2.75) is 17.3 Å². The summed E-state index contributed by atoms with van der Waals surface area (Å²) in [5, 5.41) is 5.56. The van der Waals surface area contributed by atoms with Crippen molar-refractivity contribution in [2.24, 2.45) is 0 Å². The van der Waals surface area contributed by atoms with Gasteiger partial charge < -0.3 is 0 Å². The predicted molar refractivity (Wildman–Crippen MR) is 75.8 cm³/mol. The summed E-state index contributed by atoms with van der Waals surface area (Å²) >= 11 is -0.512. The van der Waals surface area contributed by atoms with Gasteiger partial charge in [-0.2, -0.15) is 0 Å². The van der Waals surface area contributed by atoms with Crippen LogP contribution in [-0.2, 0) is 11.0 Å². The number of nitrogens with one attached hydrogen (secondary N) is 2. The van der Waals surface area contributed by atoms with Crippen molar-refractivity contribution in [3.8, 4) is 0 Å². The van der Waals surface area contributed by atoms with Crippen LogP contribution < -0.4 is 10.6 Å². The van der Waals surface area contributed by atoms with E-state index in [1.807, 2.05) is 0 Å². The summed E-state index contributed by atoms with van der Waals surface area (Å²) in [7, 11) is 0. The molecule has 0 aromatic heterocycles. The summed E-state index contributed by atoms with van der Waals surface area (Å²) in [6.07, 6.45) is -3.53. The first kappa shape index (κ1) is 17.0. The molecule has 0 bridgehead atoms. The Kier molecular flexibility index (Phi) is 5.64. The van der Waals surface area contributed by atoms with Gasteiger partial charge in [0.1, 0.15) is 0 Å². The van der Waals surface area contributed by atoms with E-state index in [2.05, 4.69) is 10.6 Å². The first-order chi connectivity index (χ1) is 10.4. The van der Waals surface area contributed by atoms with E-state index in [1.54, 1.807) is 0 Å². The molecule has 22 heavy (non-hydrogen) atoms. The fraction of sp³-hybridized carbons (Fsp3) is 0.429. The molecule has 1 unspecified atom stereocenters. The number of hydrogen-bond acceptors (Lipinski definition) is 3. The summed E-state index contributed by atoms with van der Waals surface area (Å²) < 4.78 is 38.1. The number of benzene rings is 1. The van der Waals surface area contributed by atoms with Crippen LogP contribution in [0.2, 0.25) is 4.71 Å². The monoisotopic (exact) mass is 375 g/mol. The van der Waals surface area contributed by atoms with Crippen molar-refractivity contribution >= 4 is 26.2 Å². The number of carbonyl (C=O) groups is 2. The minimum absolute atomic E-state index is 0.0229. The second kappa shape index (κ2) is 7.29. The molecule has 0 saturated carbocycles. The van der Waals surface area contributed by atoms with Crippen LogP contribution in [0.25, 0.3) is 0 Å². The fourth-order valence-corrected chi connectivity index (χ4v) is 4.31. The third-order valence-electron chi connectivity index (χ3n) is 3.21. The van der Waals surface area contributed by atoms with Crippen molar-refractivity contribution in [3.05, 3.63) is 35.4 Å². The first-order valence-corrected chi connectivity index (χ1v) is 8.78. The molecular weight excluding hydrogens is 360 g/mol. The molecule has 1 saturated heterocycles. The van der Waals surface area contributed by atoms with Gasteiger partial charge in [-0.25, -0.2) is 0 Å². The number of rotatable bonds is 5. The molecule has 1 fully saturated rings. The van der Waals surface area contributed by atoms with E-state index < -0.39 is 33.4 Å². The van der Waals surface area contributed by atoms with E-state index in [4.69, 9.17) is 0 Å². The van der Waals surface area contributed by atoms with Crippen molar-refractivity contribution in [1.82, 2.24) is 10.6 Å². The van der Waals surface area contributed by atoms with Crippen LogP contribution in [0.4, 0.5) is 13.2 Å². The Bertz CT molecular complexity index is 557. The molecule has 1 aliphatic rings. The van der Waals surface area contributed by atoms with Crippen LogP contribution in [0.1, 0.15) is 22.3 Å². The van der Waals surface area contributed by atoms with Gasteiger partial charge in [0.05, 0.1) is 0 Å². The van der Waals surface area contributed by atoms with E-state index in [1.165, 1.54) is 12.1 Å². The SMILES string of the molecule is O=C(CNC(=O)c1cccc(C(F)(F)F)c1)[As]C1CCNC1. The first-order valence-electron chi connectivity index (χ1n) is 6.76. The third-order valence-corrected chi connectivity index (χ3v) is 5.84. The molecule has 0 aliphatic carbocycles. The molecule has 1 aliphatic heterocycles. The predicted octanol–water partition coefficient (Wildman–Crippen LogP) is 1.45. The second-order valence-electron chi connectivity index (χ2n) is 4.93. The summed E-state index contributed by atoms with van der Waals surface area (Å²) in [4.78, 5) is 23.6. The van der Waals surface area contributed by atoms with E-state index in [-0.39, 0.29) is 16.7 Å². The number of alkyl halides is 3. The molecule has 0 spiro atoms. The average molecular weight is 375 g/mol. The normalized spacial score (nSPS) is 18.8. The number of halogens is 3. The standard InChI is InChI=1S/C14H15AsF3N2O2/c16-14(17,18)10-3-1-2-9(6-10)13(22)20-8-12(21)15-11-4-5-19-7-11/h1-3,6,11,19H,4-5,7-8H2,(H,20,22). The molecule has 1 aromatic rings. The second-order valence-corrected chi connectivity index (χ2v) is 8.05. The van der Waals surface area contributed by atoms with Gasteiger partial charge in [0.15, 0.2) is 0 Å². The summed E-state index contributed by atoms with van der Waals surface area (Å²) in [5.74, 6) is -0.662. The van der Waals surface area contributed by atoms with Gasteiger partial charge in [-0.1, -0.05) is 0 Å². The molecule has 2 N–H and O–H groups in total. The van der Waals surface area contributed by atoms with Gasteiger partial charge in [-0.05, 0) is 0 Å². The van der Waals surface area contributed by atoms with Crippen LogP contribution in [-0.4, -0.2) is 45.9 Å². The van der Waals surface area contributed by atoms with Gasteiger partial charge in [0, 0.05) is 0 Å². The Morgan fingerprint density at radius 3 is 2.77 bits per heavy atom. The van der Waals surface area contributed by atoms with E-state index in [9.17, 15) is 22.8 Å². The molecule has 1 heterocycles. The van der Waals surface area contributed by atoms with Crippen LogP contribution in [0, 0.1) is 0 Å². The Balaban J connectivity index is 1.88. The quantitative estimate of drug-likeness (QED) is 0.766. The van der Waals surface area contributed by atoms with Crippen molar-refractivity contribution in [2.75, 3.05) is 19.6 Å². The third kappa shape index (κ3) is 4.85. The molecular formula is C14H15AsF3N2O2. The maximum atomic E-state index is 12.6. The Hall–Kier alpha value is -1.33. The van der Waals surface area contributed by atoms with E-state index in [0.29, 0.717) is 4.71 Å². The van der Waals surface area contributed by atoms with Crippen molar-refractivity contribution < 1.29 is 22.8 Å². The zero-order valence-corrected chi connectivity index (χ0v) is 13.5. The Labute approximate surface area is 132 Å². The maximum absolute atomic E-state index is 12.6. The average Bonchev–Trinajstić information content (AvgIpc) is 2.97. The zero-order chi connectivity index (χ0) is 16.2. The number of amides is 1. The molecule has 8 heteroatoms. The molecule has 119 valence electrons. The molecule has 4 nitrogen and oxygen atoms in total. The van der Waals surface area contributed by atoms with Gasteiger partial charge in [0.2, 0.25) is 0 Å². The van der Waals surface area contributed by atoms with Gasteiger partial charge in [0.25, 0.3) is 0 Å². The number of hydrogen-bond donors (Lipinski definition) is 2. The Morgan fingerprint density at radius 2 is 2.14 bits per heavy atom. The Morgan fingerprint density at radius 1 is 1.36 bits per heavy atom. The van der Waals surface area contributed by atoms with Gasteiger partial charge >= 0.3 is 132 Å². The van der Waals surface area contributed by atoms with Crippen LogP contribution in [0.5, 0.6) is 0 Å². The molecule has 1 atom stereocenters. The van der Waals surface area contributed by atoms with Gasteiger partial charge in [-0.15, -0.1) is 0 Å². The van der Waals surface area contributed by atoms with Gasteiger partial charge in [-0.3, -0.25) is 0 Å². The summed E-state index contributed by atoms with van der Waals surface area (Å²) in [6.45, 7) is 1.61. The summed E-state index contributed by atoms with van der Waals surface area (Å²) in [5.41, 5.74) is -0.976. The van der Waals surface area contributed by atoms with Crippen LogP contribution in [0.3, 0.4) is 0 Å². The van der Waals surface area contributed by atoms with Crippen LogP contribution in [0.15, 0.2) is 24.3 Å². The van der Waals surface area contributed by atoms with E-state index >= 15 is 0 Å². The van der Waals surface area contributed by atoms with E-state index in [0.717, 1.165) is 31.6 Å². The minimum atomic E-state index is -4.49. The molecule has 2 rings (SSSR count). The molecule has 1 aromatic carbocycles. The van der Waals surface area contributed by atoms with Crippen molar-refractivity contribution in [1.29, 1.82) is 0 Å².